The maximum atomic E-state index is 14.4. The molecule has 0 spiro atoms. The van der Waals surface area contributed by atoms with E-state index >= 15 is 0 Å². The number of carbonyl (C=O) groups excluding carboxylic acids is 3. The molecular weight excluding hydrogens is 609 g/mol. The van der Waals surface area contributed by atoms with E-state index in [1.54, 1.807) is 0 Å². The zero-order chi connectivity index (χ0) is 34.3. The second-order valence-corrected chi connectivity index (χ2v) is 14.8. The lowest BCUT2D eigenvalue weighted by molar-refractivity contribution is -0.144. The van der Waals surface area contributed by atoms with Crippen LogP contribution in [0.5, 0.6) is 0 Å². The van der Waals surface area contributed by atoms with Crippen molar-refractivity contribution in [3.8, 4) is 0 Å². The number of amides is 2. The number of benzene rings is 1. The summed E-state index contributed by atoms with van der Waals surface area (Å²) >= 11 is 1.49. The number of nitrogens with one attached hydrogen (secondary N) is 1. The van der Waals surface area contributed by atoms with E-state index in [0.29, 0.717) is 44.3 Å². The predicted octanol–water partition coefficient (Wildman–Crippen LogP) is 6.56. The zero-order valence-electron chi connectivity index (χ0n) is 29.7. The van der Waals surface area contributed by atoms with Crippen molar-refractivity contribution in [1.29, 1.82) is 0 Å². The number of thiazole rings is 1. The van der Waals surface area contributed by atoms with E-state index in [1.807, 2.05) is 30.6 Å². The standard InChI is InChI=1S/C38H60N4O4S/c1-7-21-42(38(46)31(28(5)8-2)25-35(44)34-18-12-13-22-41(34)6)33(27(3)4)19-20-36-40-32(26-47-36)37(45)39-30(17-14-23-43)24-29-15-10-9-11-16-29/h9-11,15-16,26-28,30-31,33-34,43H,7-8,12-14,17-25H2,1-6H3,(H,39,45)/t28-,30+,31?,33+,34?/m0/s1. The number of likely N-dealkylation sites (tertiary alicyclic amines) is 1. The predicted molar refractivity (Wildman–Crippen MR) is 192 cm³/mol. The molecule has 1 fully saturated rings. The molecule has 0 aliphatic carbocycles. The van der Waals surface area contributed by atoms with Crippen molar-refractivity contribution in [3.05, 3.63) is 52.0 Å². The molecule has 2 heterocycles. The lowest BCUT2D eigenvalue weighted by atomic mass is 9.82. The van der Waals surface area contributed by atoms with Crippen LogP contribution in [0.3, 0.4) is 0 Å². The number of aliphatic hydroxyl groups excluding tert-OH is 1. The summed E-state index contributed by atoms with van der Waals surface area (Å²) in [4.78, 5) is 50.1. The molecule has 2 unspecified atom stereocenters. The van der Waals surface area contributed by atoms with Crippen LogP contribution in [0.2, 0.25) is 0 Å². The maximum Gasteiger partial charge on any atom is 0.270 e. The third-order valence-corrected chi connectivity index (χ3v) is 10.8. The van der Waals surface area contributed by atoms with Crippen LogP contribution in [0.4, 0.5) is 0 Å². The summed E-state index contributed by atoms with van der Waals surface area (Å²) in [5.74, 6) is 0.157. The molecule has 5 atom stereocenters. The Morgan fingerprint density at radius 3 is 2.49 bits per heavy atom. The summed E-state index contributed by atoms with van der Waals surface area (Å²) in [5, 5.41) is 15.2. The third kappa shape index (κ3) is 11.8. The molecule has 262 valence electrons. The summed E-state index contributed by atoms with van der Waals surface area (Å²) < 4.78 is 0. The molecule has 8 nitrogen and oxygen atoms in total. The molecule has 1 aromatic heterocycles. The fourth-order valence-corrected chi connectivity index (χ4v) is 7.71. The van der Waals surface area contributed by atoms with Gasteiger partial charge in [0.2, 0.25) is 5.91 Å². The number of aliphatic hydroxyl groups is 1. The monoisotopic (exact) mass is 668 g/mol. The Hall–Kier alpha value is -2.62. The highest BCUT2D eigenvalue weighted by molar-refractivity contribution is 7.09. The lowest BCUT2D eigenvalue weighted by Gasteiger charge is -2.39. The summed E-state index contributed by atoms with van der Waals surface area (Å²) in [7, 11) is 2.04. The second-order valence-electron chi connectivity index (χ2n) is 13.9. The molecule has 47 heavy (non-hydrogen) atoms. The number of aryl methyl sites for hydroxylation is 1. The SMILES string of the molecule is CCCN(C(=O)C(CC(=O)C1CCCCN1C)[C@@H](C)CC)[C@H](CCc1nc(C(=O)N[C@H](CCCO)Cc2ccccc2)cs1)C(C)C. The first-order valence-electron chi connectivity index (χ1n) is 18.0. The van der Waals surface area contributed by atoms with E-state index in [2.05, 4.69) is 61.9 Å². The van der Waals surface area contributed by atoms with E-state index < -0.39 is 0 Å². The molecule has 0 bridgehead atoms. The highest BCUT2D eigenvalue weighted by Crippen LogP contribution is 2.29. The van der Waals surface area contributed by atoms with Crippen molar-refractivity contribution in [2.75, 3.05) is 26.7 Å². The van der Waals surface area contributed by atoms with E-state index in [9.17, 15) is 19.5 Å². The molecule has 9 heteroatoms. The first kappa shape index (κ1) is 38.8. The Balaban J connectivity index is 1.70. The molecule has 3 rings (SSSR count). The van der Waals surface area contributed by atoms with Gasteiger partial charge in [0.25, 0.3) is 5.91 Å². The first-order valence-corrected chi connectivity index (χ1v) is 18.9. The average molecular weight is 669 g/mol. The number of likely N-dealkylation sites (N-methyl/N-ethyl adjacent to an activating group) is 1. The van der Waals surface area contributed by atoms with E-state index in [-0.39, 0.29) is 60.1 Å². The number of hydrogen-bond acceptors (Lipinski definition) is 7. The fourth-order valence-electron chi connectivity index (χ4n) is 6.92. The number of hydrogen-bond donors (Lipinski definition) is 2. The molecule has 1 aliphatic heterocycles. The molecule has 2 N–H and O–H groups in total. The van der Waals surface area contributed by atoms with Crippen LogP contribution in [-0.2, 0) is 22.4 Å². The van der Waals surface area contributed by atoms with Gasteiger partial charge in [-0.05, 0) is 75.9 Å². The molecule has 0 saturated carbocycles. The van der Waals surface area contributed by atoms with Gasteiger partial charge in [0.05, 0.1) is 11.0 Å². The lowest BCUT2D eigenvalue weighted by Crippen LogP contribution is -2.49. The van der Waals surface area contributed by atoms with E-state index in [4.69, 9.17) is 4.98 Å². The fraction of sp³-hybridized carbons (Fsp3) is 0.684. The van der Waals surface area contributed by atoms with Gasteiger partial charge >= 0.3 is 0 Å². The largest absolute Gasteiger partial charge is 0.396 e. The van der Waals surface area contributed by atoms with Crippen LogP contribution in [0.15, 0.2) is 35.7 Å². The number of carbonyl (C=O) groups is 3. The van der Waals surface area contributed by atoms with Crippen molar-refractivity contribution >= 4 is 28.9 Å². The number of rotatable bonds is 20. The number of ketones is 1. The number of nitrogens with zero attached hydrogens (tertiary/aromatic N) is 3. The number of aromatic nitrogens is 1. The zero-order valence-corrected chi connectivity index (χ0v) is 30.6. The van der Waals surface area contributed by atoms with Crippen LogP contribution in [0.1, 0.15) is 113 Å². The maximum absolute atomic E-state index is 14.4. The van der Waals surface area contributed by atoms with Gasteiger partial charge in [-0.2, -0.15) is 0 Å². The van der Waals surface area contributed by atoms with Crippen molar-refractivity contribution in [1.82, 2.24) is 20.1 Å². The topological polar surface area (TPSA) is 103 Å². The minimum absolute atomic E-state index is 0.0105. The molecule has 1 aromatic carbocycles. The Bertz CT molecular complexity index is 1240. The van der Waals surface area contributed by atoms with Gasteiger partial charge in [-0.25, -0.2) is 4.98 Å². The van der Waals surface area contributed by atoms with Gasteiger partial charge < -0.3 is 15.3 Å². The van der Waals surface area contributed by atoms with Crippen LogP contribution in [0.25, 0.3) is 0 Å². The molecule has 1 saturated heterocycles. The number of Topliss-reactive ketones (excluding diaryl/α,β-unsaturated/α-hetero) is 1. The smallest absolute Gasteiger partial charge is 0.270 e. The molecule has 2 aromatic rings. The minimum atomic E-state index is -0.319. The van der Waals surface area contributed by atoms with Crippen molar-refractivity contribution in [3.63, 3.8) is 0 Å². The molecule has 2 amide bonds. The highest BCUT2D eigenvalue weighted by Gasteiger charge is 2.37. The normalized spacial score (nSPS) is 18.0. The van der Waals surface area contributed by atoms with Crippen LogP contribution in [-0.4, -0.2) is 82.4 Å². The Kier molecular flexibility index (Phi) is 16.5. The summed E-state index contributed by atoms with van der Waals surface area (Å²) in [6.45, 7) is 12.4. The van der Waals surface area contributed by atoms with Gasteiger partial charge in [0.15, 0.2) is 5.78 Å². The Labute approximate surface area is 287 Å². The third-order valence-electron chi connectivity index (χ3n) is 9.94. The van der Waals surface area contributed by atoms with Gasteiger partial charge in [-0.3, -0.25) is 19.3 Å². The van der Waals surface area contributed by atoms with Gasteiger partial charge in [0.1, 0.15) is 5.69 Å². The van der Waals surface area contributed by atoms with Gasteiger partial charge in [0, 0.05) is 49.4 Å². The summed E-state index contributed by atoms with van der Waals surface area (Å²) in [6.07, 6.45) is 8.51. The molecular formula is C38H60N4O4S. The highest BCUT2D eigenvalue weighted by atomic mass is 32.1. The van der Waals surface area contributed by atoms with E-state index in [1.165, 1.54) is 11.3 Å². The average Bonchev–Trinajstić information content (AvgIpc) is 3.54. The van der Waals surface area contributed by atoms with Crippen molar-refractivity contribution in [2.24, 2.45) is 17.8 Å². The van der Waals surface area contributed by atoms with Crippen LogP contribution in [0, 0.1) is 17.8 Å². The van der Waals surface area contributed by atoms with Crippen LogP contribution < -0.4 is 5.32 Å². The summed E-state index contributed by atoms with van der Waals surface area (Å²) in [6, 6.07) is 9.90. The minimum Gasteiger partial charge on any atom is -0.396 e. The van der Waals surface area contributed by atoms with Crippen molar-refractivity contribution in [2.45, 2.75) is 123 Å². The van der Waals surface area contributed by atoms with Crippen molar-refractivity contribution < 1.29 is 19.5 Å². The molecule has 0 radical (unpaired) electrons. The van der Waals surface area contributed by atoms with Crippen LogP contribution >= 0.6 is 11.3 Å². The van der Waals surface area contributed by atoms with Gasteiger partial charge in [-0.15, -0.1) is 11.3 Å². The Morgan fingerprint density at radius 1 is 1.11 bits per heavy atom. The quantitative estimate of drug-likeness (QED) is 0.166. The Morgan fingerprint density at radius 2 is 1.85 bits per heavy atom. The molecule has 1 aliphatic rings. The summed E-state index contributed by atoms with van der Waals surface area (Å²) in [5.41, 5.74) is 1.56. The second kappa shape index (κ2) is 20.0. The number of piperidine rings is 1. The van der Waals surface area contributed by atoms with Gasteiger partial charge in [-0.1, -0.05) is 77.8 Å². The first-order chi connectivity index (χ1) is 22.6. The van der Waals surface area contributed by atoms with E-state index in [0.717, 1.165) is 55.6 Å².